The number of nitrogens with one attached hydrogen (secondary N) is 2. The zero-order valence-corrected chi connectivity index (χ0v) is 24.9. The number of anilines is 2. The highest BCUT2D eigenvalue weighted by molar-refractivity contribution is 9.10. The summed E-state index contributed by atoms with van der Waals surface area (Å²) in [6.45, 7) is 4.45. The van der Waals surface area contributed by atoms with Crippen LogP contribution in [0.5, 0.6) is 11.5 Å². The molecule has 206 valence electrons. The monoisotopic (exact) mass is 619 g/mol. The lowest BCUT2D eigenvalue weighted by Gasteiger charge is -2.29. The first-order valence-corrected chi connectivity index (χ1v) is 14.7. The number of amides is 1. The van der Waals surface area contributed by atoms with Crippen molar-refractivity contribution in [2.24, 2.45) is 0 Å². The van der Waals surface area contributed by atoms with Crippen LogP contribution in [0, 0.1) is 0 Å². The number of methoxy groups -OCH3 is 1. The van der Waals surface area contributed by atoms with E-state index in [0.717, 1.165) is 33.5 Å². The molecule has 2 heterocycles. The molecule has 0 saturated heterocycles. The number of carbonyl (C=O) groups excluding carboxylic acids is 1. The van der Waals surface area contributed by atoms with Gasteiger partial charge in [0.1, 0.15) is 24.1 Å². The molecule has 1 amide bonds. The normalized spacial score (nSPS) is 14.3. The highest BCUT2D eigenvalue weighted by atomic mass is 79.9. The van der Waals surface area contributed by atoms with Gasteiger partial charge >= 0.3 is 0 Å². The molecule has 1 aromatic heterocycles. The van der Waals surface area contributed by atoms with E-state index in [9.17, 15) is 4.79 Å². The Labute approximate surface area is 246 Å². The molecule has 5 rings (SSSR count). The third kappa shape index (κ3) is 6.18. The van der Waals surface area contributed by atoms with Crippen molar-refractivity contribution in [2.75, 3.05) is 23.5 Å². The number of hydrogen-bond donors (Lipinski definition) is 2. The molecule has 0 aliphatic carbocycles. The molecule has 0 fully saturated rings. The zero-order valence-electron chi connectivity index (χ0n) is 22.5. The number of ether oxygens (including phenoxy) is 2. The number of rotatable bonds is 10. The molecule has 0 saturated carbocycles. The Kier molecular flexibility index (Phi) is 8.76. The van der Waals surface area contributed by atoms with Crippen LogP contribution in [0.2, 0.25) is 0 Å². The molecular weight excluding hydrogens is 590 g/mol. The van der Waals surface area contributed by atoms with E-state index in [1.165, 1.54) is 0 Å². The molecule has 1 aliphatic heterocycles. The number of nitrogens with zero attached hydrogens (tertiary/aromatic N) is 3. The maximum absolute atomic E-state index is 13.8. The van der Waals surface area contributed by atoms with Gasteiger partial charge in [0.05, 0.1) is 18.4 Å². The molecule has 4 aromatic rings. The fourth-order valence-corrected chi connectivity index (χ4v) is 5.60. The molecule has 8 nitrogen and oxygen atoms in total. The van der Waals surface area contributed by atoms with Gasteiger partial charge in [-0.3, -0.25) is 4.79 Å². The Morgan fingerprint density at radius 2 is 1.93 bits per heavy atom. The van der Waals surface area contributed by atoms with Crippen LogP contribution in [0.3, 0.4) is 0 Å². The van der Waals surface area contributed by atoms with Gasteiger partial charge in [-0.15, -0.1) is 5.10 Å². The van der Waals surface area contributed by atoms with Crippen molar-refractivity contribution in [1.29, 1.82) is 0 Å². The summed E-state index contributed by atoms with van der Waals surface area (Å²) in [5.74, 6) is 2.58. The lowest BCUT2D eigenvalue weighted by Crippen LogP contribution is -2.31. The van der Waals surface area contributed by atoms with E-state index in [-0.39, 0.29) is 5.91 Å². The third-order valence-corrected chi connectivity index (χ3v) is 7.90. The second-order valence-corrected chi connectivity index (χ2v) is 11.2. The predicted octanol–water partition coefficient (Wildman–Crippen LogP) is 7.06. The van der Waals surface area contributed by atoms with Crippen molar-refractivity contribution < 1.29 is 14.3 Å². The van der Waals surface area contributed by atoms with Gasteiger partial charge in [0.2, 0.25) is 11.1 Å². The zero-order chi connectivity index (χ0) is 28.1. The SMILES string of the molecule is CCCSc1nc2n(n1)C(c1ccc(OCc3cccc(Br)c3)cc1)C(C(=O)Nc1ccccc1OC)=C(C)N2. The summed E-state index contributed by atoms with van der Waals surface area (Å²) in [7, 11) is 1.58. The van der Waals surface area contributed by atoms with Crippen molar-refractivity contribution in [3.05, 3.63) is 99.7 Å². The number of para-hydroxylation sites is 2. The van der Waals surface area contributed by atoms with Gasteiger partial charge in [0.15, 0.2) is 0 Å². The number of fused-ring (bicyclic) bond motifs is 1. The fraction of sp³-hybridized carbons (Fsp3) is 0.233. The summed E-state index contributed by atoms with van der Waals surface area (Å²) in [4.78, 5) is 18.5. The molecule has 1 aliphatic rings. The molecule has 3 aromatic carbocycles. The summed E-state index contributed by atoms with van der Waals surface area (Å²) in [5, 5.41) is 11.8. The number of aromatic nitrogens is 3. The summed E-state index contributed by atoms with van der Waals surface area (Å²) in [6, 6.07) is 22.7. The van der Waals surface area contributed by atoms with E-state index in [0.29, 0.717) is 40.4 Å². The lowest BCUT2D eigenvalue weighted by atomic mass is 9.95. The maximum atomic E-state index is 13.8. The van der Waals surface area contributed by atoms with Gasteiger partial charge in [-0.25, -0.2) is 4.68 Å². The molecule has 2 N–H and O–H groups in total. The molecular formula is C30H30BrN5O3S. The topological polar surface area (TPSA) is 90.3 Å². The smallest absolute Gasteiger partial charge is 0.255 e. The van der Waals surface area contributed by atoms with Crippen molar-refractivity contribution in [3.63, 3.8) is 0 Å². The van der Waals surface area contributed by atoms with E-state index < -0.39 is 6.04 Å². The Balaban J connectivity index is 1.46. The number of carbonyl (C=O) groups is 1. The average Bonchev–Trinajstić information content (AvgIpc) is 3.37. The van der Waals surface area contributed by atoms with Crippen LogP contribution in [0.4, 0.5) is 11.6 Å². The minimum Gasteiger partial charge on any atom is -0.495 e. The summed E-state index contributed by atoms with van der Waals surface area (Å²) in [5.41, 5.74) is 3.79. The summed E-state index contributed by atoms with van der Waals surface area (Å²) < 4.78 is 14.3. The Morgan fingerprint density at radius 3 is 2.67 bits per heavy atom. The number of benzene rings is 3. The Morgan fingerprint density at radius 1 is 1.12 bits per heavy atom. The Bertz CT molecular complexity index is 1540. The van der Waals surface area contributed by atoms with Crippen molar-refractivity contribution in [3.8, 4) is 11.5 Å². The first-order chi connectivity index (χ1) is 19.5. The quantitative estimate of drug-likeness (QED) is 0.184. The molecule has 1 unspecified atom stereocenters. The van der Waals surface area contributed by atoms with Crippen LogP contribution in [0.1, 0.15) is 37.4 Å². The second-order valence-electron chi connectivity index (χ2n) is 9.22. The van der Waals surface area contributed by atoms with E-state index >= 15 is 0 Å². The van der Waals surface area contributed by atoms with Gasteiger partial charge in [0, 0.05) is 15.9 Å². The molecule has 1 atom stereocenters. The van der Waals surface area contributed by atoms with Crippen molar-refractivity contribution >= 4 is 45.2 Å². The van der Waals surface area contributed by atoms with Crippen LogP contribution in [0.25, 0.3) is 0 Å². The molecule has 0 radical (unpaired) electrons. The van der Waals surface area contributed by atoms with Gasteiger partial charge < -0.3 is 20.1 Å². The van der Waals surface area contributed by atoms with Gasteiger partial charge in [0.25, 0.3) is 5.91 Å². The highest BCUT2D eigenvalue weighted by Crippen LogP contribution is 2.38. The first kappa shape index (κ1) is 27.8. The molecule has 0 bridgehead atoms. The van der Waals surface area contributed by atoms with E-state index in [2.05, 4.69) is 33.5 Å². The predicted molar refractivity (Wildman–Crippen MR) is 162 cm³/mol. The standard InChI is InChI=1S/C30H30BrN5O3S/c1-4-16-40-30-34-29-32-19(2)26(28(37)33-24-10-5-6-11-25(24)38-3)27(36(29)35-30)21-12-14-23(15-13-21)39-18-20-8-7-9-22(31)17-20/h5-15,17,27H,4,16,18H2,1-3H3,(H,33,37)(H,32,34,35). The number of thioether (sulfide) groups is 1. The maximum Gasteiger partial charge on any atom is 0.255 e. The largest absolute Gasteiger partial charge is 0.495 e. The highest BCUT2D eigenvalue weighted by Gasteiger charge is 2.34. The minimum atomic E-state index is -0.492. The number of hydrogen-bond acceptors (Lipinski definition) is 7. The minimum absolute atomic E-state index is 0.251. The number of halogens is 1. The summed E-state index contributed by atoms with van der Waals surface area (Å²) >= 11 is 5.10. The molecule has 10 heteroatoms. The van der Waals surface area contributed by atoms with Gasteiger partial charge in [-0.05, 0) is 60.9 Å². The van der Waals surface area contributed by atoms with E-state index in [4.69, 9.17) is 19.6 Å². The number of allylic oxidation sites excluding steroid dienone is 1. The van der Waals surface area contributed by atoms with Gasteiger partial charge in [-0.2, -0.15) is 4.98 Å². The average molecular weight is 621 g/mol. The van der Waals surface area contributed by atoms with Crippen LogP contribution < -0.4 is 20.1 Å². The fourth-order valence-electron chi connectivity index (χ4n) is 4.47. The first-order valence-electron chi connectivity index (χ1n) is 13.0. The van der Waals surface area contributed by atoms with E-state index in [1.54, 1.807) is 23.6 Å². The van der Waals surface area contributed by atoms with Crippen LogP contribution in [-0.4, -0.2) is 33.5 Å². The van der Waals surface area contributed by atoms with Crippen LogP contribution in [0.15, 0.2) is 93.7 Å². The van der Waals surface area contributed by atoms with Gasteiger partial charge in [-0.1, -0.05) is 71.0 Å². The Hall–Kier alpha value is -3.76. The second kappa shape index (κ2) is 12.6. The summed E-state index contributed by atoms with van der Waals surface area (Å²) in [6.07, 6.45) is 1.01. The molecule has 40 heavy (non-hydrogen) atoms. The van der Waals surface area contributed by atoms with Crippen molar-refractivity contribution in [1.82, 2.24) is 14.8 Å². The molecule has 0 spiro atoms. The van der Waals surface area contributed by atoms with E-state index in [1.807, 2.05) is 79.7 Å². The van der Waals surface area contributed by atoms with Crippen molar-refractivity contribution in [2.45, 2.75) is 38.1 Å². The van der Waals surface area contributed by atoms with Crippen LogP contribution >= 0.6 is 27.7 Å². The van der Waals surface area contributed by atoms with Crippen LogP contribution in [-0.2, 0) is 11.4 Å². The lowest BCUT2D eigenvalue weighted by molar-refractivity contribution is -0.113. The third-order valence-electron chi connectivity index (χ3n) is 6.36.